The highest BCUT2D eigenvalue weighted by atomic mass is 32.2. The maximum Gasteiger partial charge on any atom is 0.338 e. The van der Waals surface area contributed by atoms with E-state index in [4.69, 9.17) is 9.47 Å². The minimum Gasteiger partial charge on any atom is -0.452 e. The van der Waals surface area contributed by atoms with Gasteiger partial charge in [0.15, 0.2) is 6.61 Å². The van der Waals surface area contributed by atoms with Crippen LogP contribution in [0, 0.1) is 0 Å². The second-order valence-corrected chi connectivity index (χ2v) is 7.75. The SMILES string of the molecule is CNS(=O)(=O)c1cccc(C(=O)OCC(=O)N2CC(C)OC(C)C2)c1. The predicted octanol–water partition coefficient (Wildman–Crippen LogP) is 0.387. The summed E-state index contributed by atoms with van der Waals surface area (Å²) in [5, 5.41) is 0. The van der Waals surface area contributed by atoms with Crippen molar-refractivity contribution in [3.8, 4) is 0 Å². The second kappa shape index (κ2) is 7.94. The zero-order valence-electron chi connectivity index (χ0n) is 14.4. The number of benzene rings is 1. The fourth-order valence-electron chi connectivity index (χ4n) is 2.59. The summed E-state index contributed by atoms with van der Waals surface area (Å²) in [6.07, 6.45) is -0.154. The smallest absolute Gasteiger partial charge is 0.338 e. The molecule has 0 radical (unpaired) electrons. The van der Waals surface area contributed by atoms with E-state index in [1.165, 1.54) is 31.3 Å². The fourth-order valence-corrected chi connectivity index (χ4v) is 3.37. The van der Waals surface area contributed by atoms with Crippen molar-refractivity contribution in [3.05, 3.63) is 29.8 Å². The van der Waals surface area contributed by atoms with E-state index in [1.807, 2.05) is 13.8 Å². The van der Waals surface area contributed by atoms with Crippen molar-refractivity contribution in [1.29, 1.82) is 0 Å². The highest BCUT2D eigenvalue weighted by molar-refractivity contribution is 7.89. The number of carbonyl (C=O) groups excluding carboxylic acids is 2. The van der Waals surface area contributed by atoms with Gasteiger partial charge < -0.3 is 14.4 Å². The Morgan fingerprint density at radius 1 is 1.28 bits per heavy atom. The maximum absolute atomic E-state index is 12.2. The van der Waals surface area contributed by atoms with Gasteiger partial charge in [-0.25, -0.2) is 17.9 Å². The van der Waals surface area contributed by atoms with E-state index in [0.29, 0.717) is 13.1 Å². The van der Waals surface area contributed by atoms with Gasteiger partial charge in [-0.3, -0.25) is 4.79 Å². The average Bonchev–Trinajstić information content (AvgIpc) is 2.58. The first kappa shape index (κ1) is 19.4. The van der Waals surface area contributed by atoms with E-state index in [0.717, 1.165) is 0 Å². The standard InChI is InChI=1S/C16H22N2O6S/c1-11-8-18(9-12(2)24-11)15(19)10-23-16(20)13-5-4-6-14(7-13)25(21,22)17-3/h4-7,11-12,17H,8-10H2,1-3H3. The zero-order valence-corrected chi connectivity index (χ0v) is 15.2. The molecule has 1 aliphatic rings. The van der Waals surface area contributed by atoms with Crippen LogP contribution in [0.1, 0.15) is 24.2 Å². The molecule has 1 aliphatic heterocycles. The number of rotatable bonds is 5. The Morgan fingerprint density at radius 3 is 2.52 bits per heavy atom. The molecule has 1 amide bonds. The van der Waals surface area contributed by atoms with Crippen LogP contribution >= 0.6 is 0 Å². The molecule has 0 spiro atoms. The summed E-state index contributed by atoms with van der Waals surface area (Å²) in [6.45, 7) is 4.22. The van der Waals surface area contributed by atoms with Crippen LogP contribution in [0.15, 0.2) is 29.2 Å². The number of hydrogen-bond acceptors (Lipinski definition) is 6. The largest absolute Gasteiger partial charge is 0.452 e. The van der Waals surface area contributed by atoms with E-state index >= 15 is 0 Å². The van der Waals surface area contributed by atoms with Crippen molar-refractivity contribution in [2.75, 3.05) is 26.7 Å². The van der Waals surface area contributed by atoms with Gasteiger partial charge in [0, 0.05) is 13.1 Å². The number of esters is 1. The number of nitrogens with one attached hydrogen (secondary N) is 1. The molecule has 8 nitrogen and oxygen atoms in total. The van der Waals surface area contributed by atoms with E-state index in [9.17, 15) is 18.0 Å². The molecule has 0 saturated carbocycles. The van der Waals surface area contributed by atoms with Crippen molar-refractivity contribution >= 4 is 21.9 Å². The van der Waals surface area contributed by atoms with Crippen LogP contribution in [0.2, 0.25) is 0 Å². The van der Waals surface area contributed by atoms with Crippen LogP contribution in [0.5, 0.6) is 0 Å². The average molecular weight is 370 g/mol. The quantitative estimate of drug-likeness (QED) is 0.752. The summed E-state index contributed by atoms with van der Waals surface area (Å²) >= 11 is 0. The predicted molar refractivity (Wildman–Crippen MR) is 89.6 cm³/mol. The summed E-state index contributed by atoms with van der Waals surface area (Å²) < 4.78 is 36.3. The highest BCUT2D eigenvalue weighted by Gasteiger charge is 2.26. The van der Waals surface area contributed by atoms with Crippen LogP contribution in [0.25, 0.3) is 0 Å². The van der Waals surface area contributed by atoms with E-state index < -0.39 is 22.6 Å². The Balaban J connectivity index is 1.98. The first-order valence-corrected chi connectivity index (χ1v) is 9.35. The molecule has 2 unspecified atom stereocenters. The highest BCUT2D eigenvalue weighted by Crippen LogP contribution is 2.13. The topological polar surface area (TPSA) is 102 Å². The molecule has 1 aromatic rings. The number of ether oxygens (including phenoxy) is 2. The Bertz CT molecular complexity index is 739. The molecule has 1 heterocycles. The van der Waals surface area contributed by atoms with Crippen molar-refractivity contribution in [1.82, 2.24) is 9.62 Å². The van der Waals surface area contributed by atoms with Gasteiger partial charge in [0.25, 0.3) is 5.91 Å². The van der Waals surface area contributed by atoms with Crippen molar-refractivity contribution < 1.29 is 27.5 Å². The van der Waals surface area contributed by atoms with Crippen LogP contribution in [0.3, 0.4) is 0 Å². The van der Waals surface area contributed by atoms with E-state index in [2.05, 4.69) is 4.72 Å². The van der Waals surface area contributed by atoms with Gasteiger partial charge in [-0.2, -0.15) is 0 Å². The third-order valence-electron chi connectivity index (χ3n) is 3.75. The molecule has 0 bridgehead atoms. The normalized spacial score (nSPS) is 21.0. The van der Waals surface area contributed by atoms with Crippen LogP contribution in [0.4, 0.5) is 0 Å². The van der Waals surface area contributed by atoms with Gasteiger partial charge in [0.1, 0.15) is 0 Å². The molecular formula is C16H22N2O6S. The third-order valence-corrected chi connectivity index (χ3v) is 5.16. The Kier molecular flexibility index (Phi) is 6.15. The number of hydrogen-bond donors (Lipinski definition) is 1. The van der Waals surface area contributed by atoms with E-state index in [1.54, 1.807) is 4.90 Å². The van der Waals surface area contributed by atoms with E-state index in [-0.39, 0.29) is 28.6 Å². The fraction of sp³-hybridized carbons (Fsp3) is 0.500. The van der Waals surface area contributed by atoms with Gasteiger partial charge in [-0.1, -0.05) is 6.07 Å². The lowest BCUT2D eigenvalue weighted by atomic mass is 10.2. The van der Waals surface area contributed by atoms with Crippen molar-refractivity contribution in [3.63, 3.8) is 0 Å². The number of morpholine rings is 1. The first-order valence-electron chi connectivity index (χ1n) is 7.87. The molecule has 25 heavy (non-hydrogen) atoms. The Hall–Kier alpha value is -1.97. The number of nitrogens with zero attached hydrogens (tertiary/aromatic N) is 1. The number of amides is 1. The lowest BCUT2D eigenvalue weighted by molar-refractivity contribution is -0.146. The molecule has 1 fully saturated rings. The lowest BCUT2D eigenvalue weighted by Gasteiger charge is -2.35. The third kappa shape index (κ3) is 5.00. The first-order chi connectivity index (χ1) is 11.7. The summed E-state index contributed by atoms with van der Waals surface area (Å²) in [7, 11) is -2.38. The zero-order chi connectivity index (χ0) is 18.6. The van der Waals surface area contributed by atoms with Gasteiger partial charge in [-0.15, -0.1) is 0 Å². The van der Waals surface area contributed by atoms with Gasteiger partial charge in [-0.05, 0) is 39.1 Å². The van der Waals surface area contributed by atoms with Crippen LogP contribution in [-0.4, -0.2) is 64.1 Å². The molecule has 9 heteroatoms. The number of carbonyl (C=O) groups is 2. The van der Waals surface area contributed by atoms with Crippen molar-refractivity contribution in [2.45, 2.75) is 31.0 Å². The number of sulfonamides is 1. The molecule has 0 aliphatic carbocycles. The summed E-state index contributed by atoms with van der Waals surface area (Å²) in [4.78, 5) is 25.8. The second-order valence-electron chi connectivity index (χ2n) is 5.87. The molecule has 0 aromatic heterocycles. The molecule has 2 atom stereocenters. The summed E-state index contributed by atoms with van der Waals surface area (Å²) in [6, 6.07) is 5.44. The van der Waals surface area contributed by atoms with Crippen LogP contribution in [-0.2, 0) is 24.3 Å². The summed E-state index contributed by atoms with van der Waals surface area (Å²) in [5.74, 6) is -1.06. The monoisotopic (exact) mass is 370 g/mol. The molecular weight excluding hydrogens is 348 g/mol. The molecule has 2 rings (SSSR count). The minimum absolute atomic E-state index is 0.0494. The Morgan fingerprint density at radius 2 is 1.92 bits per heavy atom. The van der Waals surface area contributed by atoms with Gasteiger partial charge >= 0.3 is 5.97 Å². The summed E-state index contributed by atoms with van der Waals surface area (Å²) in [5.41, 5.74) is 0.0628. The lowest BCUT2D eigenvalue weighted by Crippen LogP contribution is -2.49. The molecule has 1 saturated heterocycles. The van der Waals surface area contributed by atoms with Gasteiger partial charge in [0.2, 0.25) is 10.0 Å². The minimum atomic E-state index is -3.66. The molecule has 1 aromatic carbocycles. The van der Waals surface area contributed by atoms with Gasteiger partial charge in [0.05, 0.1) is 22.7 Å². The maximum atomic E-state index is 12.2. The molecule has 138 valence electrons. The molecule has 1 N–H and O–H groups in total. The van der Waals surface area contributed by atoms with Crippen molar-refractivity contribution in [2.24, 2.45) is 0 Å². The van der Waals surface area contributed by atoms with Crippen LogP contribution < -0.4 is 4.72 Å². The Labute approximate surface area is 147 Å².